The summed E-state index contributed by atoms with van der Waals surface area (Å²) in [5, 5.41) is 0. The van der Waals surface area contributed by atoms with Crippen LogP contribution >= 0.6 is 0 Å². The van der Waals surface area contributed by atoms with E-state index in [9.17, 15) is 4.79 Å². The molecule has 0 radical (unpaired) electrons. The number of nitrogens with zero attached hydrogens (tertiary/aromatic N) is 4. The van der Waals surface area contributed by atoms with Crippen molar-refractivity contribution in [3.63, 3.8) is 0 Å². The summed E-state index contributed by atoms with van der Waals surface area (Å²) in [6.07, 6.45) is 4.71. The van der Waals surface area contributed by atoms with Gasteiger partial charge < -0.3 is 9.64 Å². The molecule has 2 aromatic rings. The van der Waals surface area contributed by atoms with Crippen LogP contribution in [0.1, 0.15) is 16.2 Å². The third kappa shape index (κ3) is 3.25. The zero-order chi connectivity index (χ0) is 13.7. The van der Waals surface area contributed by atoms with Gasteiger partial charge in [0.25, 0.3) is 0 Å². The highest BCUT2D eigenvalue weighted by molar-refractivity contribution is 5.87. The minimum absolute atomic E-state index is 0.188. The van der Waals surface area contributed by atoms with E-state index >= 15 is 0 Å². The van der Waals surface area contributed by atoms with Crippen molar-refractivity contribution in [2.75, 3.05) is 19.1 Å². The minimum atomic E-state index is -0.499. The lowest BCUT2D eigenvalue weighted by Gasteiger charge is -2.17. The molecule has 0 unspecified atom stereocenters. The minimum Gasteiger partial charge on any atom is -0.464 e. The van der Waals surface area contributed by atoms with Gasteiger partial charge in [0.05, 0.1) is 31.7 Å². The van der Waals surface area contributed by atoms with Crippen LogP contribution in [0.4, 0.5) is 5.82 Å². The molecule has 19 heavy (non-hydrogen) atoms. The maximum atomic E-state index is 11.4. The van der Waals surface area contributed by atoms with Gasteiger partial charge >= 0.3 is 5.97 Å². The molecular weight excluding hydrogens is 244 g/mol. The van der Waals surface area contributed by atoms with Crippen molar-refractivity contribution in [1.29, 1.82) is 0 Å². The normalized spacial score (nSPS) is 10.0. The quantitative estimate of drug-likeness (QED) is 0.770. The Morgan fingerprint density at radius 3 is 2.89 bits per heavy atom. The van der Waals surface area contributed by atoms with Crippen molar-refractivity contribution < 1.29 is 9.53 Å². The average Bonchev–Trinajstić information content (AvgIpc) is 2.47. The largest absolute Gasteiger partial charge is 0.464 e. The molecule has 0 aliphatic rings. The van der Waals surface area contributed by atoms with Crippen LogP contribution in [0, 0.1) is 0 Å². The van der Waals surface area contributed by atoms with Crippen LogP contribution < -0.4 is 4.90 Å². The summed E-state index contributed by atoms with van der Waals surface area (Å²) in [5.74, 6) is 0.0918. The summed E-state index contributed by atoms with van der Waals surface area (Å²) in [4.78, 5) is 25.7. The van der Waals surface area contributed by atoms with E-state index in [0.717, 1.165) is 5.69 Å². The molecular formula is C13H14N4O2. The molecule has 0 N–H and O–H groups in total. The Morgan fingerprint density at radius 1 is 1.37 bits per heavy atom. The van der Waals surface area contributed by atoms with Crippen LogP contribution in [0.25, 0.3) is 0 Å². The van der Waals surface area contributed by atoms with Gasteiger partial charge in [0, 0.05) is 13.2 Å². The van der Waals surface area contributed by atoms with E-state index in [2.05, 4.69) is 19.7 Å². The van der Waals surface area contributed by atoms with Crippen molar-refractivity contribution >= 4 is 11.8 Å². The number of methoxy groups -OCH3 is 1. The maximum absolute atomic E-state index is 11.4. The van der Waals surface area contributed by atoms with E-state index in [1.807, 2.05) is 30.1 Å². The van der Waals surface area contributed by atoms with E-state index in [1.54, 1.807) is 12.4 Å². The Bertz CT molecular complexity index is 560. The number of anilines is 1. The molecule has 98 valence electrons. The van der Waals surface area contributed by atoms with Gasteiger partial charge in [-0.3, -0.25) is 9.97 Å². The van der Waals surface area contributed by atoms with Crippen LogP contribution in [0.2, 0.25) is 0 Å². The molecule has 0 saturated heterocycles. The van der Waals surface area contributed by atoms with Gasteiger partial charge in [-0.05, 0) is 12.1 Å². The smallest absolute Gasteiger partial charge is 0.358 e. The number of esters is 1. The molecule has 0 bridgehead atoms. The third-order valence-corrected chi connectivity index (χ3v) is 2.53. The topological polar surface area (TPSA) is 68.2 Å². The average molecular weight is 258 g/mol. The highest BCUT2D eigenvalue weighted by atomic mass is 16.5. The first-order chi connectivity index (χ1) is 9.20. The lowest BCUT2D eigenvalue weighted by molar-refractivity contribution is 0.0593. The molecule has 0 aliphatic heterocycles. The summed E-state index contributed by atoms with van der Waals surface area (Å²) < 4.78 is 4.62. The molecule has 0 fully saturated rings. The second kappa shape index (κ2) is 5.90. The number of carbonyl (C=O) groups is 1. The molecule has 0 atom stereocenters. The van der Waals surface area contributed by atoms with Gasteiger partial charge in [-0.15, -0.1) is 0 Å². The molecule has 2 aromatic heterocycles. The molecule has 2 rings (SSSR count). The standard InChI is InChI=1S/C13H14N4O2/c1-17(9-10-5-3-4-6-15-10)12-8-14-7-11(16-12)13(18)19-2/h3-8H,9H2,1-2H3. The van der Waals surface area contributed by atoms with Gasteiger partial charge in [-0.2, -0.15) is 0 Å². The fourth-order valence-corrected chi connectivity index (χ4v) is 1.56. The summed E-state index contributed by atoms with van der Waals surface area (Å²) in [7, 11) is 3.17. The van der Waals surface area contributed by atoms with Crippen LogP contribution in [0.15, 0.2) is 36.8 Å². The highest BCUT2D eigenvalue weighted by Crippen LogP contribution is 2.11. The van der Waals surface area contributed by atoms with Crippen LogP contribution in [0.3, 0.4) is 0 Å². The van der Waals surface area contributed by atoms with Gasteiger partial charge in [0.1, 0.15) is 5.82 Å². The number of carbonyl (C=O) groups excluding carboxylic acids is 1. The summed E-state index contributed by atoms with van der Waals surface area (Å²) in [5.41, 5.74) is 1.10. The number of hydrogen-bond acceptors (Lipinski definition) is 6. The Kier molecular flexibility index (Phi) is 4.02. The number of hydrogen-bond donors (Lipinski definition) is 0. The highest BCUT2D eigenvalue weighted by Gasteiger charge is 2.11. The van der Waals surface area contributed by atoms with Gasteiger partial charge in [-0.25, -0.2) is 9.78 Å². The molecule has 0 amide bonds. The lowest BCUT2D eigenvalue weighted by Crippen LogP contribution is -2.20. The Labute approximate surface area is 111 Å². The molecule has 6 nitrogen and oxygen atoms in total. The Hall–Kier alpha value is -2.50. The molecule has 0 saturated carbocycles. The first-order valence-corrected chi connectivity index (χ1v) is 5.72. The second-order valence-electron chi connectivity index (χ2n) is 3.93. The van der Waals surface area contributed by atoms with Crippen molar-refractivity contribution in [2.24, 2.45) is 0 Å². The third-order valence-electron chi connectivity index (χ3n) is 2.53. The summed E-state index contributed by atoms with van der Waals surface area (Å²) in [6.45, 7) is 0.583. The van der Waals surface area contributed by atoms with Gasteiger partial charge in [-0.1, -0.05) is 6.07 Å². The van der Waals surface area contributed by atoms with Crippen LogP contribution in [0.5, 0.6) is 0 Å². The number of ether oxygens (including phenoxy) is 1. The maximum Gasteiger partial charge on any atom is 0.358 e. The predicted octanol–water partition coefficient (Wildman–Crippen LogP) is 1.29. The molecule has 0 spiro atoms. The predicted molar refractivity (Wildman–Crippen MR) is 69.7 cm³/mol. The number of aromatic nitrogens is 3. The van der Waals surface area contributed by atoms with Crippen LogP contribution in [-0.4, -0.2) is 35.1 Å². The SMILES string of the molecule is COC(=O)c1cncc(N(C)Cc2ccccn2)n1. The molecule has 0 aromatic carbocycles. The van der Waals surface area contributed by atoms with Crippen molar-refractivity contribution in [3.8, 4) is 0 Å². The van der Waals surface area contributed by atoms with Gasteiger partial charge in [0.2, 0.25) is 0 Å². The van der Waals surface area contributed by atoms with E-state index in [-0.39, 0.29) is 5.69 Å². The monoisotopic (exact) mass is 258 g/mol. The first-order valence-electron chi connectivity index (χ1n) is 5.72. The zero-order valence-corrected chi connectivity index (χ0v) is 10.8. The van der Waals surface area contributed by atoms with E-state index in [0.29, 0.717) is 12.4 Å². The Morgan fingerprint density at radius 2 is 2.21 bits per heavy atom. The summed E-state index contributed by atoms with van der Waals surface area (Å²) in [6, 6.07) is 5.71. The van der Waals surface area contributed by atoms with Crippen LogP contribution in [-0.2, 0) is 11.3 Å². The van der Waals surface area contributed by atoms with Crippen molar-refractivity contribution in [1.82, 2.24) is 15.0 Å². The van der Waals surface area contributed by atoms with E-state index in [4.69, 9.17) is 0 Å². The number of pyridine rings is 1. The zero-order valence-electron chi connectivity index (χ0n) is 10.8. The fourth-order valence-electron chi connectivity index (χ4n) is 1.56. The first kappa shape index (κ1) is 12.9. The lowest BCUT2D eigenvalue weighted by atomic mass is 10.3. The summed E-state index contributed by atoms with van der Waals surface area (Å²) >= 11 is 0. The number of rotatable bonds is 4. The van der Waals surface area contributed by atoms with Crippen molar-refractivity contribution in [3.05, 3.63) is 48.2 Å². The Balaban J connectivity index is 2.15. The van der Waals surface area contributed by atoms with E-state index < -0.39 is 5.97 Å². The molecule has 0 aliphatic carbocycles. The second-order valence-corrected chi connectivity index (χ2v) is 3.93. The molecule has 2 heterocycles. The van der Waals surface area contributed by atoms with Crippen molar-refractivity contribution in [2.45, 2.75) is 6.54 Å². The molecule has 6 heteroatoms. The van der Waals surface area contributed by atoms with E-state index in [1.165, 1.54) is 13.3 Å². The fraction of sp³-hybridized carbons (Fsp3) is 0.231. The van der Waals surface area contributed by atoms with Gasteiger partial charge in [0.15, 0.2) is 5.69 Å².